The lowest BCUT2D eigenvalue weighted by Gasteiger charge is -2.37. The molecule has 61 heavy (non-hydrogen) atoms. The summed E-state index contributed by atoms with van der Waals surface area (Å²) in [5, 5.41) is 13.5. The number of nitrogens with one attached hydrogen (secondary N) is 6. The summed E-state index contributed by atoms with van der Waals surface area (Å²) in [6, 6.07) is 9.59. The van der Waals surface area contributed by atoms with Crippen LogP contribution in [-0.2, 0) is 59.4 Å². The van der Waals surface area contributed by atoms with Crippen molar-refractivity contribution in [2.45, 2.75) is 115 Å². The van der Waals surface area contributed by atoms with Crippen LogP contribution in [0.3, 0.4) is 0 Å². The summed E-state index contributed by atoms with van der Waals surface area (Å²) < 4.78 is 0. The van der Waals surface area contributed by atoms with Crippen LogP contribution in [0, 0.1) is 0 Å². The van der Waals surface area contributed by atoms with Crippen LogP contribution in [0.15, 0.2) is 72.1 Å². The quantitative estimate of drug-likeness (QED) is 0.0350. The molecule has 0 bridgehead atoms. The molecule has 0 spiro atoms. The standard InChI is InChI=1S/C42H58N12O7/c1-4-5-16-31(50-26(3)55)38(58)49-25(2)37(57)52-34(21-30-22-46-24-48-30)40(60)53-33(19-27-12-7-6-8-13-27)39(59)51-32(17-11-18-47-42(44)45)41(61)54-23-29-15-10-9-14-28(29)20-35(54)36(43)56/h6-10,12-15,22,24-25,31-35H,4-5,11,16-21,23H2,1-3H3,(H2,43,56)(H,46,48)(H,49,58)(H,50,55)(H,51,59)(H,52,57)(H,53,60)(H4,44,45,47)/t25-,31-,32-,33+,34-,35-/m0/s1. The largest absolute Gasteiger partial charge is 0.370 e. The number of imidazole rings is 1. The molecule has 2 aromatic carbocycles. The molecule has 12 N–H and O–H groups in total. The van der Waals surface area contributed by atoms with Gasteiger partial charge in [0.1, 0.15) is 36.3 Å². The Balaban J connectivity index is 1.59. The maximum absolute atomic E-state index is 14.4. The minimum atomic E-state index is -1.27. The van der Waals surface area contributed by atoms with E-state index in [1.165, 1.54) is 31.3 Å². The van der Waals surface area contributed by atoms with Crippen LogP contribution in [0.4, 0.5) is 0 Å². The van der Waals surface area contributed by atoms with Gasteiger partial charge in [-0.3, -0.25) is 38.6 Å². The van der Waals surface area contributed by atoms with Gasteiger partial charge in [-0.2, -0.15) is 0 Å². The van der Waals surface area contributed by atoms with Gasteiger partial charge in [0.25, 0.3) is 0 Å². The minimum Gasteiger partial charge on any atom is -0.370 e. The van der Waals surface area contributed by atoms with Crippen LogP contribution in [0.25, 0.3) is 0 Å². The zero-order valence-electron chi connectivity index (χ0n) is 34.8. The highest BCUT2D eigenvalue weighted by molar-refractivity contribution is 5.97. The van der Waals surface area contributed by atoms with Crippen molar-refractivity contribution in [1.82, 2.24) is 41.5 Å². The highest BCUT2D eigenvalue weighted by Gasteiger charge is 2.38. The van der Waals surface area contributed by atoms with Crippen molar-refractivity contribution in [3.63, 3.8) is 0 Å². The number of hydrogen-bond acceptors (Lipinski definition) is 9. The molecule has 0 aliphatic carbocycles. The van der Waals surface area contributed by atoms with Gasteiger partial charge in [-0.15, -0.1) is 0 Å². The number of primary amides is 1. The molecule has 7 amide bonds. The number of aromatic nitrogens is 2. The summed E-state index contributed by atoms with van der Waals surface area (Å²) in [4.78, 5) is 107. The number of aliphatic imine (C=N–C) groups is 1. The van der Waals surface area contributed by atoms with E-state index in [4.69, 9.17) is 17.2 Å². The van der Waals surface area contributed by atoms with Gasteiger partial charge >= 0.3 is 0 Å². The fourth-order valence-corrected chi connectivity index (χ4v) is 7.00. The van der Waals surface area contributed by atoms with Gasteiger partial charge in [0.05, 0.1) is 6.33 Å². The normalized spacial score (nSPS) is 15.7. The number of benzene rings is 2. The van der Waals surface area contributed by atoms with E-state index in [0.717, 1.165) is 17.5 Å². The lowest BCUT2D eigenvalue weighted by atomic mass is 9.92. The van der Waals surface area contributed by atoms with Gasteiger partial charge in [-0.05, 0) is 42.9 Å². The number of carbonyl (C=O) groups excluding carboxylic acids is 7. The van der Waals surface area contributed by atoms with E-state index in [-0.39, 0.29) is 51.2 Å². The van der Waals surface area contributed by atoms with Crippen LogP contribution in [0.2, 0.25) is 0 Å². The van der Waals surface area contributed by atoms with Gasteiger partial charge in [0, 0.05) is 51.2 Å². The molecule has 1 aliphatic heterocycles. The van der Waals surface area contributed by atoms with Crippen LogP contribution in [-0.4, -0.2) is 105 Å². The predicted octanol–water partition coefficient (Wildman–Crippen LogP) is -0.659. The van der Waals surface area contributed by atoms with Gasteiger partial charge in [0.15, 0.2) is 5.96 Å². The molecule has 0 saturated heterocycles. The molecule has 19 heteroatoms. The van der Waals surface area contributed by atoms with Crippen molar-refractivity contribution < 1.29 is 33.6 Å². The topological polar surface area (TPSA) is 302 Å². The Hall–Kier alpha value is -6.79. The number of guanidine groups is 1. The maximum atomic E-state index is 14.4. The molecule has 19 nitrogen and oxygen atoms in total. The average molecular weight is 843 g/mol. The maximum Gasteiger partial charge on any atom is 0.246 e. The Bertz CT molecular complexity index is 2010. The number of amides is 7. The van der Waals surface area contributed by atoms with E-state index in [2.05, 4.69) is 41.5 Å². The second-order valence-electron chi connectivity index (χ2n) is 15.1. The van der Waals surface area contributed by atoms with Crippen LogP contribution in [0.5, 0.6) is 0 Å². The van der Waals surface area contributed by atoms with Crippen LogP contribution in [0.1, 0.15) is 75.3 Å². The molecule has 0 unspecified atom stereocenters. The third kappa shape index (κ3) is 14.5. The Kier molecular flexibility index (Phi) is 17.8. The van der Waals surface area contributed by atoms with Crippen molar-refractivity contribution >= 4 is 47.3 Å². The monoisotopic (exact) mass is 842 g/mol. The lowest BCUT2D eigenvalue weighted by molar-refractivity contribution is -0.144. The minimum absolute atomic E-state index is 0.00614. The van der Waals surface area contributed by atoms with Crippen molar-refractivity contribution in [1.29, 1.82) is 0 Å². The number of carbonyl (C=O) groups is 7. The number of rotatable bonds is 22. The molecule has 1 aliphatic rings. The molecular weight excluding hydrogens is 785 g/mol. The summed E-state index contributed by atoms with van der Waals surface area (Å²) in [5.41, 5.74) is 19.8. The zero-order chi connectivity index (χ0) is 44.5. The van der Waals surface area contributed by atoms with Crippen LogP contribution >= 0.6 is 0 Å². The number of nitrogens with zero attached hydrogens (tertiary/aromatic N) is 3. The van der Waals surface area contributed by atoms with E-state index < -0.39 is 77.6 Å². The SMILES string of the molecule is CCCC[C@H](NC(C)=O)C(=O)N[C@@H](C)C(=O)N[C@@H](Cc1cnc[nH]1)C(=O)N[C@H](Cc1ccccc1)C(=O)N[C@@H](CCCN=C(N)N)C(=O)N1Cc2ccccc2C[C@H]1C(N)=O. The van der Waals surface area contributed by atoms with E-state index >= 15 is 0 Å². The third-order valence-electron chi connectivity index (χ3n) is 10.2. The summed E-state index contributed by atoms with van der Waals surface area (Å²) in [6.45, 7) is 4.92. The molecule has 1 aromatic heterocycles. The molecular formula is C42H58N12O7. The first kappa shape index (κ1) is 46.9. The van der Waals surface area contributed by atoms with Gasteiger partial charge in [0.2, 0.25) is 41.4 Å². The Morgan fingerprint density at radius 2 is 1.38 bits per heavy atom. The Morgan fingerprint density at radius 3 is 2.00 bits per heavy atom. The van der Waals surface area contributed by atoms with Crippen molar-refractivity contribution in [3.05, 3.63) is 89.5 Å². The Labute approximate surface area is 354 Å². The first-order valence-corrected chi connectivity index (χ1v) is 20.4. The second-order valence-corrected chi connectivity index (χ2v) is 15.1. The van der Waals surface area contributed by atoms with Crippen LogP contribution < -0.4 is 43.8 Å². The number of unbranched alkanes of at least 4 members (excludes halogenated alkanes) is 1. The molecule has 328 valence electrons. The number of fused-ring (bicyclic) bond motifs is 1. The number of hydrogen-bond donors (Lipinski definition) is 9. The van der Waals surface area contributed by atoms with Gasteiger partial charge in [-0.1, -0.05) is 74.4 Å². The smallest absolute Gasteiger partial charge is 0.246 e. The second kappa shape index (κ2) is 23.1. The fourth-order valence-electron chi connectivity index (χ4n) is 7.00. The Morgan fingerprint density at radius 1 is 0.770 bits per heavy atom. The zero-order valence-corrected chi connectivity index (χ0v) is 34.8. The number of nitrogens with two attached hydrogens (primary N) is 3. The number of H-pyrrole nitrogens is 1. The van der Waals surface area contributed by atoms with E-state index in [1.54, 1.807) is 30.3 Å². The van der Waals surface area contributed by atoms with Crippen molar-refractivity contribution in [2.24, 2.45) is 22.2 Å². The third-order valence-corrected chi connectivity index (χ3v) is 10.2. The molecule has 6 atom stereocenters. The average Bonchev–Trinajstić information content (AvgIpc) is 3.75. The summed E-state index contributed by atoms with van der Waals surface area (Å²) in [5.74, 6) is -4.52. The molecule has 4 rings (SSSR count). The van der Waals surface area contributed by atoms with E-state index in [1.807, 2.05) is 31.2 Å². The summed E-state index contributed by atoms with van der Waals surface area (Å²) >= 11 is 0. The molecule has 0 saturated carbocycles. The van der Waals surface area contributed by atoms with E-state index in [0.29, 0.717) is 24.1 Å². The molecule has 2 heterocycles. The predicted molar refractivity (Wildman–Crippen MR) is 227 cm³/mol. The van der Waals surface area contributed by atoms with Crippen molar-refractivity contribution in [3.8, 4) is 0 Å². The van der Waals surface area contributed by atoms with Gasteiger partial charge < -0.3 is 53.7 Å². The van der Waals surface area contributed by atoms with Crippen molar-refractivity contribution in [2.75, 3.05) is 6.54 Å². The fraction of sp³-hybridized carbons (Fsp3) is 0.452. The summed E-state index contributed by atoms with van der Waals surface area (Å²) in [7, 11) is 0. The highest BCUT2D eigenvalue weighted by Crippen LogP contribution is 2.25. The first-order chi connectivity index (χ1) is 29.2. The summed E-state index contributed by atoms with van der Waals surface area (Å²) in [6.07, 6.45) is 5.16. The first-order valence-electron chi connectivity index (χ1n) is 20.4. The molecule has 3 aromatic rings. The van der Waals surface area contributed by atoms with Gasteiger partial charge in [-0.25, -0.2) is 4.98 Å². The molecule has 0 fully saturated rings. The lowest BCUT2D eigenvalue weighted by Crippen LogP contribution is -2.61. The molecule has 0 radical (unpaired) electrons. The number of aromatic amines is 1. The van der Waals surface area contributed by atoms with E-state index in [9.17, 15) is 33.6 Å². The highest BCUT2D eigenvalue weighted by atomic mass is 16.2.